The van der Waals surface area contributed by atoms with Crippen molar-refractivity contribution in [1.29, 1.82) is 0 Å². The van der Waals surface area contributed by atoms with Crippen molar-refractivity contribution in [3.8, 4) is 0 Å². The van der Waals surface area contributed by atoms with Crippen molar-refractivity contribution in [3.63, 3.8) is 0 Å². The lowest BCUT2D eigenvalue weighted by molar-refractivity contribution is 0.324. The minimum Gasteiger partial charge on any atom is -0.315 e. The Morgan fingerprint density at radius 3 is 3.12 bits per heavy atom. The Morgan fingerprint density at radius 2 is 2.24 bits per heavy atom. The van der Waals surface area contributed by atoms with E-state index in [9.17, 15) is 0 Å². The van der Waals surface area contributed by atoms with E-state index in [1.165, 1.54) is 18.5 Å². The maximum Gasteiger partial charge on any atom is 0.0411 e. The van der Waals surface area contributed by atoms with Crippen molar-refractivity contribution in [1.82, 2.24) is 10.2 Å². The molecule has 1 N–H and O–H groups in total. The van der Waals surface area contributed by atoms with Gasteiger partial charge in [-0.25, -0.2) is 0 Å². The second-order valence-electron chi connectivity index (χ2n) is 4.36. The molecule has 1 aliphatic rings. The summed E-state index contributed by atoms with van der Waals surface area (Å²) in [5.74, 6) is 0. The molecule has 1 heterocycles. The second kappa shape index (κ2) is 6.80. The lowest BCUT2D eigenvalue weighted by Crippen LogP contribution is -2.28. The number of hydrogen-bond acceptors (Lipinski definition) is 2. The van der Waals surface area contributed by atoms with Crippen LogP contribution >= 0.6 is 11.6 Å². The smallest absolute Gasteiger partial charge is 0.0411 e. The third-order valence-electron chi connectivity index (χ3n) is 2.96. The lowest BCUT2D eigenvalue weighted by Gasteiger charge is -2.16. The van der Waals surface area contributed by atoms with Crippen molar-refractivity contribution in [2.75, 3.05) is 32.7 Å². The fraction of sp³-hybridized carbons (Fsp3) is 0.429. The molecule has 1 saturated heterocycles. The Morgan fingerprint density at radius 1 is 1.29 bits per heavy atom. The van der Waals surface area contributed by atoms with Crippen molar-refractivity contribution >= 4 is 17.7 Å². The van der Waals surface area contributed by atoms with Gasteiger partial charge in [-0.2, -0.15) is 0 Å². The molecule has 3 heteroatoms. The zero-order valence-corrected chi connectivity index (χ0v) is 10.8. The molecule has 0 bridgehead atoms. The second-order valence-corrected chi connectivity index (χ2v) is 4.80. The highest BCUT2D eigenvalue weighted by atomic mass is 35.5. The molecule has 0 unspecified atom stereocenters. The van der Waals surface area contributed by atoms with Crippen molar-refractivity contribution in [2.24, 2.45) is 0 Å². The van der Waals surface area contributed by atoms with E-state index in [0.29, 0.717) is 0 Å². The maximum atomic E-state index is 5.94. The van der Waals surface area contributed by atoms with Gasteiger partial charge in [-0.1, -0.05) is 35.9 Å². The summed E-state index contributed by atoms with van der Waals surface area (Å²) in [4.78, 5) is 2.47. The zero-order chi connectivity index (χ0) is 11.9. The fourth-order valence-corrected chi connectivity index (χ4v) is 2.23. The maximum absolute atomic E-state index is 5.94. The molecule has 17 heavy (non-hydrogen) atoms. The average molecular weight is 251 g/mol. The van der Waals surface area contributed by atoms with Gasteiger partial charge in [0.25, 0.3) is 0 Å². The molecular weight excluding hydrogens is 232 g/mol. The molecule has 0 aliphatic carbocycles. The quantitative estimate of drug-likeness (QED) is 0.887. The van der Waals surface area contributed by atoms with E-state index in [4.69, 9.17) is 11.6 Å². The molecule has 2 rings (SSSR count). The normalized spacial score (nSPS) is 18.4. The van der Waals surface area contributed by atoms with Gasteiger partial charge in [0.15, 0.2) is 0 Å². The standard InChI is InChI=1S/C14H19ClN2/c15-14-6-1-4-13(12-14)5-2-9-17-10-3-7-16-8-11-17/h1-2,4-6,12,16H,3,7-11H2/b5-2+. The number of rotatable bonds is 3. The van der Waals surface area contributed by atoms with E-state index in [-0.39, 0.29) is 0 Å². The minimum absolute atomic E-state index is 0.797. The van der Waals surface area contributed by atoms with E-state index in [0.717, 1.165) is 31.2 Å². The molecule has 0 aromatic heterocycles. The van der Waals surface area contributed by atoms with Crippen LogP contribution in [0.5, 0.6) is 0 Å². The summed E-state index contributed by atoms with van der Waals surface area (Å²) in [6.07, 6.45) is 5.60. The number of benzene rings is 1. The minimum atomic E-state index is 0.797. The molecule has 1 aliphatic heterocycles. The van der Waals surface area contributed by atoms with Crippen molar-refractivity contribution in [3.05, 3.63) is 40.9 Å². The van der Waals surface area contributed by atoms with Gasteiger partial charge in [-0.05, 0) is 37.2 Å². The van der Waals surface area contributed by atoms with Crippen LogP contribution < -0.4 is 5.32 Å². The first-order chi connectivity index (χ1) is 8.34. The van der Waals surface area contributed by atoms with Gasteiger partial charge in [0.2, 0.25) is 0 Å². The average Bonchev–Trinajstić information content (AvgIpc) is 2.58. The van der Waals surface area contributed by atoms with Crippen LogP contribution in [-0.4, -0.2) is 37.6 Å². The Hall–Kier alpha value is -0.830. The Kier molecular flexibility index (Phi) is 5.05. The first-order valence-corrected chi connectivity index (χ1v) is 6.57. The molecule has 1 aromatic rings. The van der Waals surface area contributed by atoms with Crippen LogP contribution in [0.4, 0.5) is 0 Å². The van der Waals surface area contributed by atoms with Crippen LogP contribution in [0.3, 0.4) is 0 Å². The Labute approximate surface area is 108 Å². The number of hydrogen-bond donors (Lipinski definition) is 1. The first-order valence-electron chi connectivity index (χ1n) is 6.20. The zero-order valence-electron chi connectivity index (χ0n) is 10.0. The molecule has 92 valence electrons. The third kappa shape index (κ3) is 4.50. The molecule has 2 nitrogen and oxygen atoms in total. The lowest BCUT2D eigenvalue weighted by atomic mass is 10.2. The fourth-order valence-electron chi connectivity index (χ4n) is 2.03. The van der Waals surface area contributed by atoms with E-state index in [2.05, 4.69) is 28.4 Å². The number of nitrogens with one attached hydrogen (secondary N) is 1. The monoisotopic (exact) mass is 250 g/mol. The van der Waals surface area contributed by atoms with Gasteiger partial charge in [-0.3, -0.25) is 4.90 Å². The van der Waals surface area contributed by atoms with Crippen LogP contribution in [0.25, 0.3) is 6.08 Å². The summed E-state index contributed by atoms with van der Waals surface area (Å²) in [6, 6.07) is 7.95. The van der Waals surface area contributed by atoms with Crippen LogP contribution in [-0.2, 0) is 0 Å². The van der Waals surface area contributed by atoms with E-state index in [1.807, 2.05) is 18.2 Å². The van der Waals surface area contributed by atoms with Gasteiger partial charge in [0.05, 0.1) is 0 Å². The van der Waals surface area contributed by atoms with Gasteiger partial charge in [-0.15, -0.1) is 0 Å². The summed E-state index contributed by atoms with van der Waals surface area (Å²) in [5.41, 5.74) is 1.17. The molecule has 0 atom stereocenters. The van der Waals surface area contributed by atoms with Gasteiger partial charge in [0, 0.05) is 24.7 Å². The molecule has 0 spiro atoms. The highest BCUT2D eigenvalue weighted by Gasteiger charge is 2.05. The number of halogens is 1. The van der Waals surface area contributed by atoms with Gasteiger partial charge >= 0.3 is 0 Å². The Balaban J connectivity index is 1.84. The predicted molar refractivity (Wildman–Crippen MR) is 74.4 cm³/mol. The SMILES string of the molecule is Clc1cccc(/C=C/CN2CCCNCC2)c1. The summed E-state index contributed by atoms with van der Waals surface area (Å²) >= 11 is 5.94. The summed E-state index contributed by atoms with van der Waals surface area (Å²) in [7, 11) is 0. The highest BCUT2D eigenvalue weighted by molar-refractivity contribution is 6.30. The molecule has 0 amide bonds. The Bertz CT molecular complexity index is 368. The topological polar surface area (TPSA) is 15.3 Å². The van der Waals surface area contributed by atoms with Crippen molar-refractivity contribution < 1.29 is 0 Å². The van der Waals surface area contributed by atoms with Crippen molar-refractivity contribution in [2.45, 2.75) is 6.42 Å². The predicted octanol–water partition coefficient (Wildman–Crippen LogP) is 2.65. The largest absolute Gasteiger partial charge is 0.315 e. The summed E-state index contributed by atoms with van der Waals surface area (Å²) in [5, 5.41) is 4.21. The van der Waals surface area contributed by atoms with Crippen LogP contribution in [0.15, 0.2) is 30.3 Å². The third-order valence-corrected chi connectivity index (χ3v) is 3.19. The van der Waals surface area contributed by atoms with E-state index in [1.54, 1.807) is 0 Å². The van der Waals surface area contributed by atoms with Crippen LogP contribution in [0.2, 0.25) is 5.02 Å². The van der Waals surface area contributed by atoms with Crippen LogP contribution in [0, 0.1) is 0 Å². The molecule has 1 aromatic carbocycles. The number of nitrogens with zero attached hydrogens (tertiary/aromatic N) is 1. The molecular formula is C14H19ClN2. The van der Waals surface area contributed by atoms with Gasteiger partial charge in [0.1, 0.15) is 0 Å². The van der Waals surface area contributed by atoms with E-state index < -0.39 is 0 Å². The first kappa shape index (κ1) is 12.6. The molecule has 1 fully saturated rings. The molecule has 0 saturated carbocycles. The van der Waals surface area contributed by atoms with E-state index >= 15 is 0 Å². The van der Waals surface area contributed by atoms with Crippen LogP contribution in [0.1, 0.15) is 12.0 Å². The van der Waals surface area contributed by atoms with Gasteiger partial charge < -0.3 is 5.32 Å². The highest BCUT2D eigenvalue weighted by Crippen LogP contribution is 2.11. The summed E-state index contributed by atoms with van der Waals surface area (Å²) in [6.45, 7) is 5.60. The summed E-state index contributed by atoms with van der Waals surface area (Å²) < 4.78 is 0. The molecule has 0 radical (unpaired) electrons.